The predicted molar refractivity (Wildman–Crippen MR) is 121 cm³/mol. The van der Waals surface area contributed by atoms with Gasteiger partial charge in [-0.2, -0.15) is 0 Å². The molecule has 2 rings (SSSR count). The van der Waals surface area contributed by atoms with Gasteiger partial charge in [-0.25, -0.2) is 0 Å². The van der Waals surface area contributed by atoms with Gasteiger partial charge in [-0.1, -0.05) is 69.7 Å². The summed E-state index contributed by atoms with van der Waals surface area (Å²) in [4.78, 5) is 15.2. The van der Waals surface area contributed by atoms with Gasteiger partial charge in [0.15, 0.2) is 0 Å². The quantitative estimate of drug-likeness (QED) is 0.643. The fraction of sp³-hybridized carbons (Fsp3) is 0.652. The zero-order valence-electron chi connectivity index (χ0n) is 18.1. The molecule has 0 radical (unpaired) electrons. The van der Waals surface area contributed by atoms with E-state index in [1.807, 2.05) is 37.2 Å². The molecule has 0 aromatic heterocycles. The molecule has 1 aliphatic carbocycles. The number of carbonyl (C=O) groups excluding carboxylic acids is 1. The third-order valence-electron chi connectivity index (χ3n) is 5.84. The maximum absolute atomic E-state index is 12.4. The van der Waals surface area contributed by atoms with E-state index in [1.165, 1.54) is 12.8 Å². The molecule has 0 spiro atoms. The van der Waals surface area contributed by atoms with Crippen LogP contribution in [0.4, 0.5) is 0 Å². The summed E-state index contributed by atoms with van der Waals surface area (Å²) in [5.41, 5.74) is 1.10. The van der Waals surface area contributed by atoms with E-state index in [9.17, 15) is 4.79 Å². The molecule has 0 unspecified atom stereocenters. The smallest absolute Gasteiger partial charge is 0.234 e. The van der Waals surface area contributed by atoms with Crippen LogP contribution in [0.5, 0.6) is 0 Å². The molecule has 0 heterocycles. The number of nitrogens with one attached hydrogen (secondary N) is 2. The van der Waals surface area contributed by atoms with Crippen LogP contribution < -0.4 is 10.6 Å². The summed E-state index contributed by atoms with van der Waals surface area (Å²) in [6.45, 7) is 7.95. The van der Waals surface area contributed by atoms with Gasteiger partial charge in [-0.3, -0.25) is 4.79 Å². The van der Waals surface area contributed by atoms with E-state index in [2.05, 4.69) is 43.5 Å². The molecule has 1 amide bonds. The lowest BCUT2D eigenvalue weighted by molar-refractivity contribution is -0.122. The monoisotopic (exact) mass is 403 g/mol. The number of thiocarbonyl (C=S) groups is 1. The van der Waals surface area contributed by atoms with Gasteiger partial charge in [0.2, 0.25) is 5.91 Å². The standard InChI is InChI=1S/C23H37N3OS/c1-16(2)19-12-11-17(3)13-20(19)23(28)24-14-21(18-9-7-6-8-10-18)25-22(27)15-26(4)5/h6-10,16-17,19-21H,11-15H2,1-5H3,(H,24,28)(H,25,27)/t17-,19+,20-,21-/m1/s1. The minimum Gasteiger partial charge on any atom is -0.377 e. The Kier molecular flexibility index (Phi) is 8.90. The van der Waals surface area contributed by atoms with Crippen molar-refractivity contribution in [1.82, 2.24) is 15.5 Å². The van der Waals surface area contributed by atoms with Gasteiger partial charge in [-0.15, -0.1) is 0 Å². The lowest BCUT2D eigenvalue weighted by atomic mass is 9.70. The number of hydrogen-bond acceptors (Lipinski definition) is 3. The third kappa shape index (κ3) is 6.85. The Hall–Kier alpha value is -1.46. The van der Waals surface area contributed by atoms with Crippen LogP contribution in [-0.4, -0.2) is 43.0 Å². The lowest BCUT2D eigenvalue weighted by Gasteiger charge is -2.38. The largest absolute Gasteiger partial charge is 0.377 e. The first-order valence-corrected chi connectivity index (χ1v) is 11.0. The summed E-state index contributed by atoms with van der Waals surface area (Å²) in [7, 11) is 3.81. The van der Waals surface area contributed by atoms with Crippen LogP contribution >= 0.6 is 12.2 Å². The molecule has 4 atom stereocenters. The highest BCUT2D eigenvalue weighted by molar-refractivity contribution is 7.80. The Morgan fingerprint density at radius 2 is 1.89 bits per heavy atom. The van der Waals surface area contributed by atoms with Crippen LogP contribution in [0.1, 0.15) is 51.6 Å². The summed E-state index contributed by atoms with van der Waals surface area (Å²) < 4.78 is 0. The van der Waals surface area contributed by atoms with Crippen LogP contribution in [0.3, 0.4) is 0 Å². The normalized spacial score (nSPS) is 23.5. The molecule has 0 aliphatic heterocycles. The Morgan fingerprint density at radius 1 is 1.21 bits per heavy atom. The molecule has 1 saturated carbocycles. The van der Waals surface area contributed by atoms with E-state index in [0.717, 1.165) is 22.9 Å². The molecule has 2 N–H and O–H groups in total. The van der Waals surface area contributed by atoms with E-state index in [1.54, 1.807) is 0 Å². The highest BCUT2D eigenvalue weighted by Crippen LogP contribution is 2.38. The zero-order chi connectivity index (χ0) is 20.7. The Morgan fingerprint density at radius 3 is 2.50 bits per heavy atom. The van der Waals surface area contributed by atoms with Crippen LogP contribution in [0.25, 0.3) is 0 Å². The average molecular weight is 404 g/mol. The second kappa shape index (κ2) is 10.9. The molecule has 5 heteroatoms. The lowest BCUT2D eigenvalue weighted by Crippen LogP contribution is -2.44. The maximum atomic E-state index is 12.4. The van der Waals surface area contributed by atoms with Crippen molar-refractivity contribution in [2.75, 3.05) is 27.2 Å². The van der Waals surface area contributed by atoms with Crippen molar-refractivity contribution in [2.24, 2.45) is 23.7 Å². The number of amides is 1. The van der Waals surface area contributed by atoms with E-state index >= 15 is 0 Å². The average Bonchev–Trinajstić information content (AvgIpc) is 2.64. The van der Waals surface area contributed by atoms with E-state index in [-0.39, 0.29) is 11.9 Å². The van der Waals surface area contributed by atoms with E-state index in [4.69, 9.17) is 12.2 Å². The molecular formula is C23H37N3OS. The second-order valence-corrected chi connectivity index (χ2v) is 9.39. The number of carbonyl (C=O) groups is 1. The number of nitrogens with zero attached hydrogens (tertiary/aromatic N) is 1. The van der Waals surface area contributed by atoms with Crippen molar-refractivity contribution in [3.05, 3.63) is 35.9 Å². The summed E-state index contributed by atoms with van der Waals surface area (Å²) in [6.07, 6.45) is 3.72. The van der Waals surface area contributed by atoms with Gasteiger partial charge in [0, 0.05) is 12.5 Å². The van der Waals surface area contributed by atoms with Crippen molar-refractivity contribution in [3.63, 3.8) is 0 Å². The first-order valence-electron chi connectivity index (χ1n) is 10.5. The number of rotatable bonds is 8. The van der Waals surface area contributed by atoms with Gasteiger partial charge in [0.1, 0.15) is 0 Å². The van der Waals surface area contributed by atoms with Crippen molar-refractivity contribution in [2.45, 2.75) is 46.1 Å². The fourth-order valence-corrected chi connectivity index (χ4v) is 4.66. The molecule has 1 fully saturated rings. The Bertz CT molecular complexity index is 632. The van der Waals surface area contributed by atoms with Gasteiger partial charge < -0.3 is 15.5 Å². The van der Waals surface area contributed by atoms with E-state index in [0.29, 0.717) is 30.8 Å². The van der Waals surface area contributed by atoms with Gasteiger partial charge in [0.25, 0.3) is 0 Å². The highest BCUT2D eigenvalue weighted by Gasteiger charge is 2.33. The van der Waals surface area contributed by atoms with Crippen molar-refractivity contribution < 1.29 is 4.79 Å². The predicted octanol–water partition coefficient (Wildman–Crippen LogP) is 4.03. The van der Waals surface area contributed by atoms with Crippen molar-refractivity contribution in [1.29, 1.82) is 0 Å². The molecule has 1 aromatic rings. The Labute approximate surface area is 176 Å². The summed E-state index contributed by atoms with van der Waals surface area (Å²) in [6, 6.07) is 10.0. The summed E-state index contributed by atoms with van der Waals surface area (Å²) in [5.74, 6) is 2.48. The zero-order valence-corrected chi connectivity index (χ0v) is 18.9. The van der Waals surface area contributed by atoms with Crippen LogP contribution in [0.2, 0.25) is 0 Å². The highest BCUT2D eigenvalue weighted by atomic mass is 32.1. The van der Waals surface area contributed by atoms with Gasteiger partial charge in [0.05, 0.1) is 17.6 Å². The molecule has 0 bridgehead atoms. The van der Waals surface area contributed by atoms with Crippen LogP contribution in [-0.2, 0) is 4.79 Å². The topological polar surface area (TPSA) is 44.4 Å². The molecule has 0 saturated heterocycles. The van der Waals surface area contributed by atoms with Crippen LogP contribution in [0, 0.1) is 23.7 Å². The minimum atomic E-state index is -0.0925. The molecule has 156 valence electrons. The van der Waals surface area contributed by atoms with Crippen molar-refractivity contribution in [3.8, 4) is 0 Å². The molecular weight excluding hydrogens is 366 g/mol. The summed E-state index contributed by atoms with van der Waals surface area (Å²) >= 11 is 5.84. The Balaban J connectivity index is 2.04. The van der Waals surface area contributed by atoms with Gasteiger partial charge in [-0.05, 0) is 50.3 Å². The molecule has 1 aliphatic rings. The van der Waals surface area contributed by atoms with Gasteiger partial charge >= 0.3 is 0 Å². The number of benzene rings is 1. The third-order valence-corrected chi connectivity index (χ3v) is 6.28. The first-order chi connectivity index (χ1) is 13.3. The second-order valence-electron chi connectivity index (χ2n) is 8.95. The van der Waals surface area contributed by atoms with Crippen molar-refractivity contribution >= 4 is 23.1 Å². The number of hydrogen-bond donors (Lipinski definition) is 2. The molecule has 28 heavy (non-hydrogen) atoms. The maximum Gasteiger partial charge on any atom is 0.234 e. The molecule has 1 aromatic carbocycles. The summed E-state index contributed by atoms with van der Waals surface area (Å²) in [5, 5.41) is 6.68. The SMILES string of the molecule is CC(C)[C@@H]1CC[C@@H](C)C[C@H]1C(=S)NC[C@@H](NC(=O)CN(C)C)c1ccccc1. The molecule has 4 nitrogen and oxygen atoms in total. The van der Waals surface area contributed by atoms with E-state index < -0.39 is 0 Å². The fourth-order valence-electron chi connectivity index (χ4n) is 4.30. The van der Waals surface area contributed by atoms with Crippen LogP contribution in [0.15, 0.2) is 30.3 Å². The first kappa shape index (κ1) is 22.8. The number of likely N-dealkylation sites (N-methyl/N-ethyl adjacent to an activating group) is 1. The minimum absolute atomic E-state index is 0.0258.